The quantitative estimate of drug-likeness (QED) is 0.474. The van der Waals surface area contributed by atoms with Crippen LogP contribution in [0, 0.1) is 0 Å². The largest absolute Gasteiger partial charge is 0.334 e. The van der Waals surface area contributed by atoms with Gasteiger partial charge in [0.05, 0.1) is 10.9 Å². The molecule has 0 saturated heterocycles. The highest BCUT2D eigenvalue weighted by molar-refractivity contribution is 5.92. The molecule has 8 nitrogen and oxygen atoms in total. The lowest BCUT2D eigenvalue weighted by molar-refractivity contribution is -0.116. The van der Waals surface area contributed by atoms with E-state index in [1.54, 1.807) is 41.0 Å². The maximum Gasteiger partial charge on any atom is 0.319 e. The molecule has 3 N–H and O–H groups in total. The molecule has 3 amide bonds. The molecule has 1 fully saturated rings. The molecular weight excluding hydrogens is 406 g/mol. The molecule has 1 saturated carbocycles. The highest BCUT2D eigenvalue weighted by Gasteiger charge is 2.28. The van der Waals surface area contributed by atoms with Crippen LogP contribution in [0.4, 0.5) is 16.2 Å². The minimum absolute atomic E-state index is 0.0336. The van der Waals surface area contributed by atoms with Crippen LogP contribution in [0.15, 0.2) is 66.0 Å². The van der Waals surface area contributed by atoms with Gasteiger partial charge in [0.2, 0.25) is 5.91 Å². The van der Waals surface area contributed by atoms with Gasteiger partial charge in [-0.15, -0.1) is 6.58 Å². The highest BCUT2D eigenvalue weighted by Crippen LogP contribution is 2.34. The van der Waals surface area contributed by atoms with Gasteiger partial charge in [-0.2, -0.15) is 0 Å². The number of nitrogens with zero attached hydrogens (tertiary/aromatic N) is 2. The highest BCUT2D eigenvalue weighted by atomic mass is 16.2. The maximum atomic E-state index is 12.9. The van der Waals surface area contributed by atoms with Gasteiger partial charge in [-0.3, -0.25) is 14.2 Å². The molecule has 0 radical (unpaired) electrons. The molecular formula is C24H25N5O3. The Labute approximate surface area is 185 Å². The van der Waals surface area contributed by atoms with E-state index in [0.717, 1.165) is 12.8 Å². The molecule has 164 valence electrons. The van der Waals surface area contributed by atoms with Crippen LogP contribution in [0.3, 0.4) is 0 Å². The second-order valence-corrected chi connectivity index (χ2v) is 7.70. The van der Waals surface area contributed by atoms with Crippen LogP contribution in [-0.4, -0.2) is 28.0 Å². The Morgan fingerprint density at radius 3 is 2.44 bits per heavy atom. The first-order chi connectivity index (χ1) is 15.5. The standard InChI is InChI=1S/C24H25N5O3/c1-2-15-25-24(32)27-17-9-7-16(8-10-17)26-22(30)14-13-21-28-20-6-4-3-5-19(20)23(31)29(21)18-11-12-18/h2-10,18H,1,11-15H2,(H,26,30)(H2,25,27,32). The topological polar surface area (TPSA) is 105 Å². The van der Waals surface area contributed by atoms with E-state index in [0.29, 0.717) is 41.1 Å². The number of aromatic nitrogens is 2. The van der Waals surface area contributed by atoms with Crippen molar-refractivity contribution in [3.63, 3.8) is 0 Å². The van der Waals surface area contributed by atoms with Gasteiger partial charge in [-0.25, -0.2) is 9.78 Å². The third-order valence-corrected chi connectivity index (χ3v) is 5.20. The summed E-state index contributed by atoms with van der Waals surface area (Å²) in [5.41, 5.74) is 1.86. The van der Waals surface area contributed by atoms with Gasteiger partial charge < -0.3 is 16.0 Å². The lowest BCUT2D eigenvalue weighted by atomic mass is 10.2. The van der Waals surface area contributed by atoms with Crippen molar-refractivity contribution in [2.75, 3.05) is 17.2 Å². The number of benzene rings is 2. The van der Waals surface area contributed by atoms with Crippen LogP contribution in [0.1, 0.15) is 31.1 Å². The number of nitrogens with one attached hydrogen (secondary N) is 3. The van der Waals surface area contributed by atoms with E-state index in [9.17, 15) is 14.4 Å². The number of carbonyl (C=O) groups excluding carboxylic acids is 2. The van der Waals surface area contributed by atoms with Gasteiger partial charge in [0.25, 0.3) is 5.56 Å². The minimum Gasteiger partial charge on any atom is -0.334 e. The second kappa shape index (κ2) is 9.47. The molecule has 3 aromatic rings. The zero-order valence-electron chi connectivity index (χ0n) is 17.6. The summed E-state index contributed by atoms with van der Waals surface area (Å²) < 4.78 is 1.76. The van der Waals surface area contributed by atoms with Crippen LogP contribution in [0.25, 0.3) is 10.9 Å². The van der Waals surface area contributed by atoms with Gasteiger partial charge in [-0.1, -0.05) is 18.2 Å². The Balaban J connectivity index is 1.39. The average Bonchev–Trinajstić information content (AvgIpc) is 3.63. The summed E-state index contributed by atoms with van der Waals surface area (Å²) in [6.07, 6.45) is 4.11. The van der Waals surface area contributed by atoms with Crippen molar-refractivity contribution in [2.24, 2.45) is 0 Å². The van der Waals surface area contributed by atoms with E-state index in [1.807, 2.05) is 18.2 Å². The number of anilines is 2. The molecule has 1 aromatic heterocycles. The summed E-state index contributed by atoms with van der Waals surface area (Å²) in [7, 11) is 0. The minimum atomic E-state index is -0.328. The van der Waals surface area contributed by atoms with Gasteiger partial charge in [0.1, 0.15) is 5.82 Å². The average molecular weight is 431 g/mol. The summed E-state index contributed by atoms with van der Waals surface area (Å²) in [5.74, 6) is 0.482. The predicted octanol–water partition coefficient (Wildman–Crippen LogP) is 3.61. The molecule has 32 heavy (non-hydrogen) atoms. The third-order valence-electron chi connectivity index (χ3n) is 5.20. The SMILES string of the molecule is C=CCNC(=O)Nc1ccc(NC(=O)CCc2nc3ccccc3c(=O)n2C2CC2)cc1. The molecule has 0 bridgehead atoms. The van der Waals surface area contributed by atoms with E-state index in [-0.39, 0.29) is 30.0 Å². The van der Waals surface area contributed by atoms with E-state index in [1.165, 1.54) is 0 Å². The fourth-order valence-corrected chi connectivity index (χ4v) is 3.50. The zero-order valence-corrected chi connectivity index (χ0v) is 17.6. The van der Waals surface area contributed by atoms with Gasteiger partial charge in [0, 0.05) is 36.8 Å². The van der Waals surface area contributed by atoms with E-state index < -0.39 is 0 Å². The maximum absolute atomic E-state index is 12.9. The Bertz CT molecular complexity index is 1210. The molecule has 8 heteroatoms. The van der Waals surface area contributed by atoms with Crippen molar-refractivity contribution in [3.05, 3.63) is 77.4 Å². The lowest BCUT2D eigenvalue weighted by Gasteiger charge is -2.13. The molecule has 0 aliphatic heterocycles. The molecule has 4 rings (SSSR count). The van der Waals surface area contributed by atoms with Crippen LogP contribution in [-0.2, 0) is 11.2 Å². The molecule has 0 spiro atoms. The number of fused-ring (bicyclic) bond motifs is 1. The number of amides is 3. The molecule has 0 unspecified atom stereocenters. The normalized spacial score (nSPS) is 12.9. The molecule has 0 atom stereocenters. The summed E-state index contributed by atoms with van der Waals surface area (Å²) in [6.45, 7) is 3.92. The van der Waals surface area contributed by atoms with Crippen molar-refractivity contribution in [1.29, 1.82) is 0 Å². The Hall–Kier alpha value is -3.94. The zero-order chi connectivity index (χ0) is 22.5. The fourth-order valence-electron chi connectivity index (χ4n) is 3.50. The van der Waals surface area contributed by atoms with Crippen molar-refractivity contribution in [2.45, 2.75) is 31.7 Å². The van der Waals surface area contributed by atoms with Crippen LogP contribution >= 0.6 is 0 Å². The lowest BCUT2D eigenvalue weighted by Crippen LogP contribution is -2.28. The van der Waals surface area contributed by atoms with Crippen molar-refractivity contribution in [1.82, 2.24) is 14.9 Å². The van der Waals surface area contributed by atoms with E-state index in [2.05, 4.69) is 27.5 Å². The first-order valence-electron chi connectivity index (χ1n) is 10.6. The molecule has 2 aromatic carbocycles. The van der Waals surface area contributed by atoms with Crippen LogP contribution < -0.4 is 21.5 Å². The molecule has 1 heterocycles. The van der Waals surface area contributed by atoms with Crippen molar-refractivity contribution in [3.8, 4) is 0 Å². The molecule has 1 aliphatic carbocycles. The Morgan fingerprint density at radius 1 is 1.06 bits per heavy atom. The van der Waals surface area contributed by atoms with E-state index in [4.69, 9.17) is 0 Å². The smallest absolute Gasteiger partial charge is 0.319 e. The first-order valence-corrected chi connectivity index (χ1v) is 10.6. The predicted molar refractivity (Wildman–Crippen MR) is 125 cm³/mol. The Kier molecular flexibility index (Phi) is 6.30. The van der Waals surface area contributed by atoms with Crippen molar-refractivity contribution >= 4 is 34.2 Å². The number of carbonyl (C=O) groups is 2. The fraction of sp³-hybridized carbons (Fsp3) is 0.250. The van der Waals surface area contributed by atoms with Gasteiger partial charge in [0.15, 0.2) is 0 Å². The number of aryl methyl sites for hydroxylation is 1. The summed E-state index contributed by atoms with van der Waals surface area (Å²) in [4.78, 5) is 41.7. The summed E-state index contributed by atoms with van der Waals surface area (Å²) in [5, 5.41) is 8.78. The van der Waals surface area contributed by atoms with Gasteiger partial charge in [-0.05, 0) is 49.2 Å². The second-order valence-electron chi connectivity index (χ2n) is 7.70. The number of hydrogen-bond acceptors (Lipinski definition) is 4. The number of urea groups is 1. The van der Waals surface area contributed by atoms with Crippen molar-refractivity contribution < 1.29 is 9.59 Å². The molecule has 1 aliphatic rings. The van der Waals surface area contributed by atoms with Crippen LogP contribution in [0.5, 0.6) is 0 Å². The first kappa shape index (κ1) is 21.3. The Morgan fingerprint density at radius 2 is 1.75 bits per heavy atom. The monoisotopic (exact) mass is 431 g/mol. The van der Waals surface area contributed by atoms with Crippen LogP contribution in [0.2, 0.25) is 0 Å². The third kappa shape index (κ3) is 5.03. The summed E-state index contributed by atoms with van der Waals surface area (Å²) in [6, 6.07) is 14.0. The number of rotatable bonds is 8. The van der Waals surface area contributed by atoms with E-state index >= 15 is 0 Å². The summed E-state index contributed by atoms with van der Waals surface area (Å²) >= 11 is 0. The number of para-hydroxylation sites is 1. The number of hydrogen-bond donors (Lipinski definition) is 3. The van der Waals surface area contributed by atoms with Gasteiger partial charge >= 0.3 is 6.03 Å².